The molecule has 1 aromatic heterocycles. The van der Waals surface area contributed by atoms with E-state index in [0.717, 1.165) is 5.56 Å². The summed E-state index contributed by atoms with van der Waals surface area (Å²) < 4.78 is 15.6. The highest BCUT2D eigenvalue weighted by Crippen LogP contribution is 2.30. The zero-order valence-electron chi connectivity index (χ0n) is 14.1. The van der Waals surface area contributed by atoms with E-state index in [0.29, 0.717) is 34.9 Å². The lowest BCUT2D eigenvalue weighted by Crippen LogP contribution is -2.27. The quantitative estimate of drug-likeness (QED) is 0.886. The smallest absolute Gasteiger partial charge is 0.257 e. The molecule has 0 bridgehead atoms. The number of ether oxygens (including phenoxy) is 2. The number of carbonyl (C=O) groups excluding carboxylic acids is 1. The van der Waals surface area contributed by atoms with Gasteiger partial charge in [0.2, 0.25) is 0 Å². The van der Waals surface area contributed by atoms with E-state index in [1.807, 2.05) is 32.0 Å². The van der Waals surface area contributed by atoms with Crippen molar-refractivity contribution in [2.75, 3.05) is 14.2 Å². The number of aromatic nitrogens is 1. The van der Waals surface area contributed by atoms with Gasteiger partial charge in [-0.25, -0.2) is 0 Å². The fraction of sp³-hybridized carbons (Fsp3) is 0.412. The minimum absolute atomic E-state index is 0.192. The monoisotopic (exact) mass is 318 g/mol. The Kier molecular flexibility index (Phi) is 5.26. The standard InChI is InChI=1S/C17H22N2O4/c1-6-13-16(11(3)23-19-13)17(20)18-10(2)12-7-8-14(21-4)15(9-12)22-5/h7-10H,6H2,1-5H3,(H,18,20)/t10-/m0/s1. The predicted octanol–water partition coefficient (Wildman–Crippen LogP) is 3.05. The van der Waals surface area contributed by atoms with Gasteiger partial charge in [0.25, 0.3) is 5.91 Å². The van der Waals surface area contributed by atoms with Crippen LogP contribution < -0.4 is 14.8 Å². The normalized spacial score (nSPS) is 11.9. The highest BCUT2D eigenvalue weighted by molar-refractivity contribution is 5.96. The molecule has 1 aromatic carbocycles. The Balaban J connectivity index is 2.20. The van der Waals surface area contributed by atoms with Crippen molar-refractivity contribution in [3.8, 4) is 11.5 Å². The second kappa shape index (κ2) is 7.17. The SMILES string of the molecule is CCc1noc(C)c1C(=O)N[C@@H](C)c1ccc(OC)c(OC)c1. The molecule has 0 aliphatic carbocycles. The number of rotatable bonds is 6. The third-order valence-corrected chi connectivity index (χ3v) is 3.75. The predicted molar refractivity (Wildman–Crippen MR) is 86.0 cm³/mol. The van der Waals surface area contributed by atoms with Crippen LogP contribution in [0.2, 0.25) is 0 Å². The summed E-state index contributed by atoms with van der Waals surface area (Å²) in [5, 5.41) is 6.88. The second-order valence-electron chi connectivity index (χ2n) is 5.22. The van der Waals surface area contributed by atoms with Crippen molar-refractivity contribution in [2.24, 2.45) is 0 Å². The van der Waals surface area contributed by atoms with Gasteiger partial charge in [0.15, 0.2) is 11.5 Å². The summed E-state index contributed by atoms with van der Waals surface area (Å²) in [6, 6.07) is 5.37. The molecule has 6 heteroatoms. The Morgan fingerprint density at radius 3 is 2.61 bits per heavy atom. The number of hydrogen-bond acceptors (Lipinski definition) is 5. The number of benzene rings is 1. The number of nitrogens with zero attached hydrogens (tertiary/aromatic N) is 1. The van der Waals surface area contributed by atoms with Gasteiger partial charge in [-0.2, -0.15) is 0 Å². The average molecular weight is 318 g/mol. The molecule has 124 valence electrons. The van der Waals surface area contributed by atoms with Crippen LogP contribution in [0.25, 0.3) is 0 Å². The maximum Gasteiger partial charge on any atom is 0.257 e. The van der Waals surface area contributed by atoms with Crippen LogP contribution in [0.5, 0.6) is 11.5 Å². The van der Waals surface area contributed by atoms with E-state index < -0.39 is 0 Å². The van der Waals surface area contributed by atoms with E-state index in [-0.39, 0.29) is 11.9 Å². The molecule has 0 unspecified atom stereocenters. The van der Waals surface area contributed by atoms with E-state index in [9.17, 15) is 4.79 Å². The Morgan fingerprint density at radius 2 is 2.00 bits per heavy atom. The summed E-state index contributed by atoms with van der Waals surface area (Å²) in [4.78, 5) is 12.5. The number of carbonyl (C=O) groups is 1. The first-order valence-electron chi connectivity index (χ1n) is 7.49. The molecule has 0 saturated heterocycles. The summed E-state index contributed by atoms with van der Waals surface area (Å²) in [5.74, 6) is 1.61. The van der Waals surface area contributed by atoms with Crippen LogP contribution in [0.4, 0.5) is 0 Å². The number of aryl methyl sites for hydroxylation is 2. The highest BCUT2D eigenvalue weighted by Gasteiger charge is 2.21. The lowest BCUT2D eigenvalue weighted by Gasteiger charge is -2.16. The van der Waals surface area contributed by atoms with Crippen LogP contribution in [0.15, 0.2) is 22.7 Å². The summed E-state index contributed by atoms with van der Waals surface area (Å²) in [5.41, 5.74) is 2.10. The summed E-state index contributed by atoms with van der Waals surface area (Å²) in [6.07, 6.45) is 0.644. The summed E-state index contributed by atoms with van der Waals surface area (Å²) in [7, 11) is 3.17. The van der Waals surface area contributed by atoms with Crippen molar-refractivity contribution in [1.29, 1.82) is 0 Å². The van der Waals surface area contributed by atoms with E-state index >= 15 is 0 Å². The van der Waals surface area contributed by atoms with Gasteiger partial charge in [0.05, 0.1) is 26.0 Å². The van der Waals surface area contributed by atoms with Crippen molar-refractivity contribution in [3.63, 3.8) is 0 Å². The first-order valence-corrected chi connectivity index (χ1v) is 7.49. The minimum Gasteiger partial charge on any atom is -0.493 e. The molecule has 1 atom stereocenters. The van der Waals surface area contributed by atoms with Crippen molar-refractivity contribution < 1.29 is 18.8 Å². The first kappa shape index (κ1) is 16.9. The van der Waals surface area contributed by atoms with Gasteiger partial charge in [-0.05, 0) is 38.0 Å². The molecule has 0 radical (unpaired) electrons. The second-order valence-corrected chi connectivity index (χ2v) is 5.22. The molecule has 23 heavy (non-hydrogen) atoms. The van der Waals surface area contributed by atoms with Gasteiger partial charge in [0.1, 0.15) is 11.3 Å². The largest absolute Gasteiger partial charge is 0.493 e. The molecule has 2 rings (SSSR count). The molecule has 1 heterocycles. The van der Waals surface area contributed by atoms with Gasteiger partial charge >= 0.3 is 0 Å². The Bertz CT molecular complexity index is 694. The molecule has 0 saturated carbocycles. The van der Waals surface area contributed by atoms with Gasteiger partial charge in [-0.3, -0.25) is 4.79 Å². The number of hydrogen-bond donors (Lipinski definition) is 1. The molecule has 0 aliphatic rings. The van der Waals surface area contributed by atoms with Gasteiger partial charge < -0.3 is 19.3 Å². The van der Waals surface area contributed by atoms with Gasteiger partial charge in [0, 0.05) is 0 Å². The molecule has 0 fully saturated rings. The van der Waals surface area contributed by atoms with E-state index in [1.54, 1.807) is 21.1 Å². The highest BCUT2D eigenvalue weighted by atomic mass is 16.5. The van der Waals surface area contributed by atoms with Gasteiger partial charge in [-0.15, -0.1) is 0 Å². The molecule has 0 aliphatic heterocycles. The van der Waals surface area contributed by atoms with Gasteiger partial charge in [-0.1, -0.05) is 18.1 Å². The van der Waals surface area contributed by atoms with Crippen LogP contribution >= 0.6 is 0 Å². The zero-order valence-corrected chi connectivity index (χ0v) is 14.1. The zero-order chi connectivity index (χ0) is 17.0. The molecule has 1 amide bonds. The van der Waals surface area contributed by atoms with Crippen molar-refractivity contribution in [1.82, 2.24) is 10.5 Å². The van der Waals surface area contributed by atoms with E-state index in [4.69, 9.17) is 14.0 Å². The fourth-order valence-electron chi connectivity index (χ4n) is 2.42. The third-order valence-electron chi connectivity index (χ3n) is 3.75. The van der Waals surface area contributed by atoms with Crippen LogP contribution in [0.1, 0.15) is 47.3 Å². The van der Waals surface area contributed by atoms with Crippen molar-refractivity contribution in [2.45, 2.75) is 33.2 Å². The first-order chi connectivity index (χ1) is 11.0. The van der Waals surface area contributed by atoms with E-state index in [2.05, 4.69) is 10.5 Å². The Morgan fingerprint density at radius 1 is 1.30 bits per heavy atom. The topological polar surface area (TPSA) is 73.6 Å². The van der Waals surface area contributed by atoms with Crippen LogP contribution in [0, 0.1) is 6.92 Å². The molecule has 2 aromatic rings. The molecular formula is C17H22N2O4. The van der Waals surface area contributed by atoms with Crippen LogP contribution in [0.3, 0.4) is 0 Å². The number of methoxy groups -OCH3 is 2. The molecule has 6 nitrogen and oxygen atoms in total. The minimum atomic E-state index is -0.193. The lowest BCUT2D eigenvalue weighted by atomic mass is 10.1. The maximum absolute atomic E-state index is 12.5. The average Bonchev–Trinajstić information content (AvgIpc) is 2.94. The van der Waals surface area contributed by atoms with Crippen molar-refractivity contribution >= 4 is 5.91 Å². The lowest BCUT2D eigenvalue weighted by molar-refractivity contribution is 0.0937. The Hall–Kier alpha value is -2.50. The van der Waals surface area contributed by atoms with E-state index in [1.165, 1.54) is 0 Å². The third kappa shape index (κ3) is 3.47. The molecule has 0 spiro atoms. The molecular weight excluding hydrogens is 296 g/mol. The number of nitrogens with one attached hydrogen (secondary N) is 1. The molecule has 1 N–H and O–H groups in total. The number of amides is 1. The van der Waals surface area contributed by atoms with Crippen LogP contribution in [-0.2, 0) is 6.42 Å². The summed E-state index contributed by atoms with van der Waals surface area (Å²) >= 11 is 0. The maximum atomic E-state index is 12.5. The summed E-state index contributed by atoms with van der Waals surface area (Å²) in [6.45, 7) is 5.58. The Labute approximate surface area is 135 Å². The van der Waals surface area contributed by atoms with Crippen molar-refractivity contribution in [3.05, 3.63) is 40.8 Å². The fourth-order valence-corrected chi connectivity index (χ4v) is 2.42. The van der Waals surface area contributed by atoms with Crippen LogP contribution in [-0.4, -0.2) is 25.3 Å².